The van der Waals surface area contributed by atoms with Gasteiger partial charge in [-0.3, -0.25) is 4.79 Å². The van der Waals surface area contributed by atoms with Crippen LogP contribution >= 0.6 is 23.3 Å². The van der Waals surface area contributed by atoms with Gasteiger partial charge in [0.2, 0.25) is 0 Å². The van der Waals surface area contributed by atoms with Crippen LogP contribution in [0.3, 0.4) is 0 Å². The van der Waals surface area contributed by atoms with Crippen molar-refractivity contribution in [1.82, 2.24) is 23.2 Å². The number of carbonyl (C=O) groups is 1. The SMILES string of the molecule is CS(=O)(=O)c1snnc1C1CCN(C(=O)c2ccc3nsnc3c2)CC1. The monoisotopic (exact) mass is 409 g/mol. The summed E-state index contributed by atoms with van der Waals surface area (Å²) in [6.07, 6.45) is 2.51. The number of hydrogen-bond donors (Lipinski definition) is 0. The van der Waals surface area contributed by atoms with E-state index in [4.69, 9.17) is 0 Å². The maximum Gasteiger partial charge on any atom is 0.253 e. The lowest BCUT2D eigenvalue weighted by Crippen LogP contribution is -2.38. The first kappa shape index (κ1) is 17.4. The standard InChI is InChI=1S/C15H15N5O3S3/c1-26(22,23)15-13(16-19-24-15)9-4-6-20(7-5-9)14(21)10-2-3-11-12(8-10)18-25-17-11/h2-3,8-9H,4-7H2,1H3. The summed E-state index contributed by atoms with van der Waals surface area (Å²) in [6.45, 7) is 1.11. The summed E-state index contributed by atoms with van der Waals surface area (Å²) >= 11 is 2.04. The highest BCUT2D eigenvalue weighted by atomic mass is 32.2. The maximum absolute atomic E-state index is 12.7. The summed E-state index contributed by atoms with van der Waals surface area (Å²) in [5.74, 6) is -0.0363. The van der Waals surface area contributed by atoms with Crippen molar-refractivity contribution >= 4 is 50.0 Å². The van der Waals surface area contributed by atoms with Crippen molar-refractivity contribution in [1.29, 1.82) is 0 Å². The van der Waals surface area contributed by atoms with Crippen molar-refractivity contribution in [2.24, 2.45) is 0 Å². The largest absolute Gasteiger partial charge is 0.339 e. The van der Waals surface area contributed by atoms with E-state index in [0.717, 1.165) is 34.3 Å². The molecule has 0 N–H and O–H groups in total. The number of piperidine rings is 1. The molecule has 3 heterocycles. The number of carbonyl (C=O) groups excluding carboxylic acids is 1. The predicted octanol–water partition coefficient (Wildman–Crippen LogP) is 1.97. The van der Waals surface area contributed by atoms with Crippen LogP contribution in [-0.2, 0) is 9.84 Å². The van der Waals surface area contributed by atoms with E-state index in [0.29, 0.717) is 37.2 Å². The highest BCUT2D eigenvalue weighted by Crippen LogP contribution is 2.33. The van der Waals surface area contributed by atoms with Gasteiger partial charge in [0.25, 0.3) is 5.91 Å². The zero-order chi connectivity index (χ0) is 18.3. The smallest absolute Gasteiger partial charge is 0.253 e. The first-order valence-corrected chi connectivity index (χ1v) is 11.4. The third kappa shape index (κ3) is 3.21. The molecule has 1 saturated heterocycles. The summed E-state index contributed by atoms with van der Waals surface area (Å²) in [5, 5.41) is 4.03. The zero-order valence-corrected chi connectivity index (χ0v) is 16.3. The minimum Gasteiger partial charge on any atom is -0.339 e. The number of rotatable bonds is 3. The Labute approximate surface area is 158 Å². The van der Waals surface area contributed by atoms with Gasteiger partial charge in [-0.1, -0.05) is 4.49 Å². The fraction of sp³-hybridized carbons (Fsp3) is 0.400. The summed E-state index contributed by atoms with van der Waals surface area (Å²) in [5.41, 5.74) is 2.65. The summed E-state index contributed by atoms with van der Waals surface area (Å²) < 4.78 is 36.1. The van der Waals surface area contributed by atoms with Crippen LogP contribution < -0.4 is 0 Å². The van der Waals surface area contributed by atoms with Crippen LogP contribution in [0.15, 0.2) is 22.4 Å². The van der Waals surface area contributed by atoms with E-state index >= 15 is 0 Å². The molecule has 0 spiro atoms. The Balaban J connectivity index is 1.48. The third-order valence-electron chi connectivity index (χ3n) is 4.49. The van der Waals surface area contributed by atoms with E-state index in [1.807, 2.05) is 0 Å². The minimum absolute atomic E-state index is 0.00717. The molecule has 0 radical (unpaired) electrons. The van der Waals surface area contributed by atoms with Gasteiger partial charge in [0.15, 0.2) is 14.0 Å². The van der Waals surface area contributed by atoms with E-state index in [2.05, 4.69) is 18.3 Å². The van der Waals surface area contributed by atoms with Crippen molar-refractivity contribution in [2.45, 2.75) is 23.0 Å². The lowest BCUT2D eigenvalue weighted by molar-refractivity contribution is 0.0711. The van der Waals surface area contributed by atoms with Crippen molar-refractivity contribution in [3.63, 3.8) is 0 Å². The predicted molar refractivity (Wildman–Crippen MR) is 98.3 cm³/mol. The molecule has 0 bridgehead atoms. The second kappa shape index (κ2) is 6.63. The molecule has 1 amide bonds. The lowest BCUT2D eigenvalue weighted by atomic mass is 9.94. The molecular formula is C15H15N5O3S3. The van der Waals surface area contributed by atoms with Gasteiger partial charge in [-0.05, 0) is 31.0 Å². The maximum atomic E-state index is 12.7. The number of sulfone groups is 1. The van der Waals surface area contributed by atoms with Gasteiger partial charge in [0.1, 0.15) is 11.0 Å². The van der Waals surface area contributed by atoms with Gasteiger partial charge >= 0.3 is 0 Å². The van der Waals surface area contributed by atoms with Crippen LogP contribution in [0.25, 0.3) is 11.0 Å². The minimum atomic E-state index is -3.33. The molecule has 26 heavy (non-hydrogen) atoms. The van der Waals surface area contributed by atoms with Crippen LogP contribution in [0.1, 0.15) is 34.8 Å². The number of benzene rings is 1. The highest BCUT2D eigenvalue weighted by molar-refractivity contribution is 7.92. The molecule has 2 aromatic heterocycles. The second-order valence-corrected chi connectivity index (χ2v) is 9.75. The number of likely N-dealkylation sites (tertiary alicyclic amines) is 1. The fourth-order valence-electron chi connectivity index (χ4n) is 3.15. The molecule has 1 aliphatic heterocycles. The van der Waals surface area contributed by atoms with E-state index in [1.165, 1.54) is 6.26 Å². The van der Waals surface area contributed by atoms with Crippen LogP contribution in [0.2, 0.25) is 0 Å². The van der Waals surface area contributed by atoms with Gasteiger partial charge in [-0.25, -0.2) is 8.42 Å². The summed E-state index contributed by atoms with van der Waals surface area (Å²) in [4.78, 5) is 14.5. The number of fused-ring (bicyclic) bond motifs is 1. The Kier molecular flexibility index (Phi) is 4.45. The molecule has 11 heteroatoms. The molecule has 8 nitrogen and oxygen atoms in total. The number of hydrogen-bond acceptors (Lipinski definition) is 9. The summed E-state index contributed by atoms with van der Waals surface area (Å²) in [6, 6.07) is 5.34. The Hall–Kier alpha value is -1.98. The van der Waals surface area contributed by atoms with Gasteiger partial charge in [0.05, 0.1) is 17.4 Å². The van der Waals surface area contributed by atoms with Crippen molar-refractivity contribution in [2.75, 3.05) is 19.3 Å². The Bertz CT molecular complexity index is 1070. The van der Waals surface area contributed by atoms with Crippen LogP contribution in [0.5, 0.6) is 0 Å². The normalized spacial score (nSPS) is 16.3. The fourth-order valence-corrected chi connectivity index (χ4v) is 5.40. The topological polar surface area (TPSA) is 106 Å². The average molecular weight is 410 g/mol. The molecule has 4 rings (SSSR count). The van der Waals surface area contributed by atoms with Gasteiger partial charge in [0, 0.05) is 42.4 Å². The molecule has 1 aromatic carbocycles. The van der Waals surface area contributed by atoms with Crippen molar-refractivity contribution in [3.05, 3.63) is 29.5 Å². The summed E-state index contributed by atoms with van der Waals surface area (Å²) in [7, 11) is -3.33. The molecule has 1 fully saturated rings. The van der Waals surface area contributed by atoms with Crippen LogP contribution in [0, 0.1) is 0 Å². The third-order valence-corrected chi connectivity index (χ3v) is 7.60. The average Bonchev–Trinajstić information content (AvgIpc) is 3.29. The molecule has 0 atom stereocenters. The van der Waals surface area contributed by atoms with Crippen molar-refractivity contribution < 1.29 is 13.2 Å². The number of amides is 1. The molecular weight excluding hydrogens is 394 g/mol. The van der Waals surface area contributed by atoms with Crippen LogP contribution in [0.4, 0.5) is 0 Å². The van der Waals surface area contributed by atoms with Gasteiger partial charge in [-0.15, -0.1) is 5.10 Å². The second-order valence-electron chi connectivity index (χ2n) is 6.25. The first-order chi connectivity index (χ1) is 12.4. The quantitative estimate of drug-likeness (QED) is 0.651. The lowest BCUT2D eigenvalue weighted by Gasteiger charge is -2.31. The van der Waals surface area contributed by atoms with Gasteiger partial charge < -0.3 is 4.90 Å². The van der Waals surface area contributed by atoms with E-state index < -0.39 is 9.84 Å². The highest BCUT2D eigenvalue weighted by Gasteiger charge is 2.30. The Morgan fingerprint density at radius 2 is 1.92 bits per heavy atom. The van der Waals surface area contributed by atoms with Gasteiger partial charge in [-0.2, -0.15) is 8.75 Å². The Morgan fingerprint density at radius 1 is 1.19 bits per heavy atom. The number of aromatic nitrogens is 4. The molecule has 0 unspecified atom stereocenters. The number of nitrogens with zero attached hydrogens (tertiary/aromatic N) is 5. The zero-order valence-electron chi connectivity index (χ0n) is 13.8. The molecule has 0 aliphatic carbocycles. The van der Waals surface area contributed by atoms with E-state index in [1.54, 1.807) is 23.1 Å². The van der Waals surface area contributed by atoms with E-state index in [9.17, 15) is 13.2 Å². The molecule has 1 aliphatic rings. The first-order valence-electron chi connectivity index (χ1n) is 7.97. The van der Waals surface area contributed by atoms with Crippen LogP contribution in [-0.4, -0.2) is 56.9 Å². The molecule has 136 valence electrons. The molecule has 0 saturated carbocycles. The van der Waals surface area contributed by atoms with Crippen molar-refractivity contribution in [3.8, 4) is 0 Å². The molecule has 3 aromatic rings. The Morgan fingerprint density at radius 3 is 2.65 bits per heavy atom. The van der Waals surface area contributed by atoms with E-state index in [-0.39, 0.29) is 16.0 Å².